The molecule has 1 aromatic carbocycles. The van der Waals surface area contributed by atoms with Crippen LogP contribution in [0.1, 0.15) is 33.3 Å². The molecule has 1 rings (SSSR count). The SMILES string of the molecule is CCOc1ccc(CCNC(=NC)NCCN(CC)CC)cc1OCC.I. The fraction of sp³-hybridized carbons (Fsp3) is 0.650. The molecular weight excluding hydrogens is 455 g/mol. The van der Waals surface area contributed by atoms with Crippen molar-refractivity contribution in [1.29, 1.82) is 0 Å². The molecule has 0 heterocycles. The minimum absolute atomic E-state index is 0. The first-order valence-electron chi connectivity index (χ1n) is 9.73. The van der Waals surface area contributed by atoms with E-state index in [-0.39, 0.29) is 24.0 Å². The predicted octanol–water partition coefficient (Wildman–Crippen LogP) is 3.15. The van der Waals surface area contributed by atoms with Gasteiger partial charge in [0.2, 0.25) is 0 Å². The highest BCUT2D eigenvalue weighted by Gasteiger charge is 2.06. The van der Waals surface area contributed by atoms with Gasteiger partial charge in [-0.1, -0.05) is 19.9 Å². The summed E-state index contributed by atoms with van der Waals surface area (Å²) in [6, 6.07) is 6.14. The van der Waals surface area contributed by atoms with Crippen LogP contribution in [-0.4, -0.2) is 63.8 Å². The van der Waals surface area contributed by atoms with E-state index in [4.69, 9.17) is 9.47 Å². The van der Waals surface area contributed by atoms with Crippen LogP contribution in [0.5, 0.6) is 11.5 Å². The third kappa shape index (κ3) is 10.0. The molecule has 0 aliphatic carbocycles. The predicted molar refractivity (Wildman–Crippen MR) is 125 cm³/mol. The zero-order valence-electron chi connectivity index (χ0n) is 17.5. The number of aliphatic imine (C=N–C) groups is 1. The summed E-state index contributed by atoms with van der Waals surface area (Å²) in [6.45, 7) is 14.5. The van der Waals surface area contributed by atoms with Gasteiger partial charge in [0.25, 0.3) is 0 Å². The van der Waals surface area contributed by atoms with Crippen LogP contribution in [-0.2, 0) is 6.42 Å². The van der Waals surface area contributed by atoms with E-state index in [1.807, 2.05) is 19.9 Å². The van der Waals surface area contributed by atoms with Crippen LogP contribution in [0, 0.1) is 0 Å². The highest BCUT2D eigenvalue weighted by molar-refractivity contribution is 14.0. The molecule has 0 saturated carbocycles. The lowest BCUT2D eigenvalue weighted by molar-refractivity contribution is 0.287. The molecular formula is C20H37IN4O2. The van der Waals surface area contributed by atoms with Gasteiger partial charge in [0.05, 0.1) is 13.2 Å². The van der Waals surface area contributed by atoms with Crippen LogP contribution in [0.4, 0.5) is 0 Å². The molecule has 0 saturated heterocycles. The van der Waals surface area contributed by atoms with Gasteiger partial charge in [0, 0.05) is 26.7 Å². The number of halogens is 1. The van der Waals surface area contributed by atoms with E-state index in [2.05, 4.69) is 46.5 Å². The third-order valence-corrected chi connectivity index (χ3v) is 4.15. The number of likely N-dealkylation sites (N-methyl/N-ethyl adjacent to an activating group) is 1. The molecule has 0 atom stereocenters. The summed E-state index contributed by atoms with van der Waals surface area (Å²) in [6.07, 6.45) is 0.892. The van der Waals surface area contributed by atoms with Crippen LogP contribution in [0.3, 0.4) is 0 Å². The van der Waals surface area contributed by atoms with Gasteiger partial charge in [-0.15, -0.1) is 24.0 Å². The van der Waals surface area contributed by atoms with Crippen LogP contribution in [0.15, 0.2) is 23.2 Å². The summed E-state index contributed by atoms with van der Waals surface area (Å²) in [5, 5.41) is 6.73. The van der Waals surface area contributed by atoms with Crippen molar-refractivity contribution in [1.82, 2.24) is 15.5 Å². The average molecular weight is 492 g/mol. The van der Waals surface area contributed by atoms with Crippen molar-refractivity contribution in [2.24, 2.45) is 4.99 Å². The number of ether oxygens (including phenoxy) is 2. The molecule has 0 radical (unpaired) electrons. The van der Waals surface area contributed by atoms with E-state index in [1.165, 1.54) is 5.56 Å². The lowest BCUT2D eigenvalue weighted by atomic mass is 10.1. The first-order valence-corrected chi connectivity index (χ1v) is 9.73. The van der Waals surface area contributed by atoms with Crippen molar-refractivity contribution in [3.63, 3.8) is 0 Å². The first kappa shape index (κ1) is 25.8. The van der Waals surface area contributed by atoms with Crippen molar-refractivity contribution >= 4 is 29.9 Å². The molecule has 0 spiro atoms. The van der Waals surface area contributed by atoms with Gasteiger partial charge in [-0.25, -0.2) is 0 Å². The standard InChI is InChI=1S/C20H36N4O2.HI/c1-6-24(7-2)15-14-23-20(21-5)22-13-12-17-10-11-18(25-8-3)19(16-17)26-9-4;/h10-11,16H,6-9,12-15H2,1-5H3,(H2,21,22,23);1H. The number of guanidine groups is 1. The highest BCUT2D eigenvalue weighted by Crippen LogP contribution is 2.28. The van der Waals surface area contributed by atoms with Crippen molar-refractivity contribution in [2.75, 3.05) is 53.0 Å². The Morgan fingerprint density at radius 3 is 2.19 bits per heavy atom. The fourth-order valence-electron chi connectivity index (χ4n) is 2.67. The van der Waals surface area contributed by atoms with Crippen LogP contribution >= 0.6 is 24.0 Å². The van der Waals surface area contributed by atoms with E-state index in [1.54, 1.807) is 7.05 Å². The maximum Gasteiger partial charge on any atom is 0.191 e. The Hall–Kier alpha value is -1.22. The van der Waals surface area contributed by atoms with Crippen molar-refractivity contribution in [3.05, 3.63) is 23.8 Å². The Labute approximate surface area is 182 Å². The minimum Gasteiger partial charge on any atom is -0.490 e. The van der Waals surface area contributed by atoms with Crippen molar-refractivity contribution < 1.29 is 9.47 Å². The first-order chi connectivity index (χ1) is 12.7. The van der Waals surface area contributed by atoms with Gasteiger partial charge in [-0.05, 0) is 51.1 Å². The van der Waals surface area contributed by atoms with Gasteiger partial charge in [0.1, 0.15) is 0 Å². The molecule has 6 nitrogen and oxygen atoms in total. The van der Waals surface area contributed by atoms with E-state index in [0.717, 1.165) is 56.6 Å². The second kappa shape index (κ2) is 15.8. The molecule has 0 aliphatic rings. The molecule has 2 N–H and O–H groups in total. The summed E-state index contributed by atoms with van der Waals surface area (Å²) in [5.74, 6) is 2.46. The topological polar surface area (TPSA) is 58.1 Å². The maximum absolute atomic E-state index is 5.69. The molecule has 0 fully saturated rings. The van der Waals surface area contributed by atoms with Crippen LogP contribution in [0.2, 0.25) is 0 Å². The van der Waals surface area contributed by atoms with E-state index in [0.29, 0.717) is 13.2 Å². The van der Waals surface area contributed by atoms with E-state index >= 15 is 0 Å². The second-order valence-electron chi connectivity index (χ2n) is 5.85. The number of nitrogens with zero attached hydrogens (tertiary/aromatic N) is 2. The smallest absolute Gasteiger partial charge is 0.191 e. The summed E-state index contributed by atoms with van der Waals surface area (Å²) >= 11 is 0. The summed E-state index contributed by atoms with van der Waals surface area (Å²) < 4.78 is 11.3. The number of hydrogen-bond donors (Lipinski definition) is 2. The second-order valence-corrected chi connectivity index (χ2v) is 5.85. The Morgan fingerprint density at radius 2 is 1.59 bits per heavy atom. The number of benzene rings is 1. The highest BCUT2D eigenvalue weighted by atomic mass is 127. The Bertz CT molecular complexity index is 537. The minimum atomic E-state index is 0. The zero-order chi connectivity index (χ0) is 19.2. The summed E-state index contributed by atoms with van der Waals surface area (Å²) in [4.78, 5) is 6.67. The van der Waals surface area contributed by atoms with Crippen molar-refractivity contribution in [2.45, 2.75) is 34.1 Å². The molecule has 27 heavy (non-hydrogen) atoms. The lowest BCUT2D eigenvalue weighted by Gasteiger charge is -2.19. The van der Waals surface area contributed by atoms with E-state index < -0.39 is 0 Å². The molecule has 0 aromatic heterocycles. The van der Waals surface area contributed by atoms with Crippen LogP contribution in [0.25, 0.3) is 0 Å². The Kier molecular flexibility index (Phi) is 15.1. The summed E-state index contributed by atoms with van der Waals surface area (Å²) in [7, 11) is 1.80. The Balaban J connectivity index is 0.00000676. The summed E-state index contributed by atoms with van der Waals surface area (Å²) in [5.41, 5.74) is 1.21. The molecule has 0 amide bonds. The van der Waals surface area contributed by atoms with Crippen molar-refractivity contribution in [3.8, 4) is 11.5 Å². The lowest BCUT2D eigenvalue weighted by Crippen LogP contribution is -2.42. The monoisotopic (exact) mass is 492 g/mol. The largest absolute Gasteiger partial charge is 0.490 e. The Morgan fingerprint density at radius 1 is 0.963 bits per heavy atom. The molecule has 0 bridgehead atoms. The molecule has 0 aliphatic heterocycles. The van der Waals surface area contributed by atoms with Gasteiger partial charge in [-0.2, -0.15) is 0 Å². The fourth-order valence-corrected chi connectivity index (χ4v) is 2.67. The normalized spacial score (nSPS) is 11.1. The average Bonchev–Trinajstić information content (AvgIpc) is 2.66. The number of rotatable bonds is 12. The molecule has 1 aromatic rings. The quantitative estimate of drug-likeness (QED) is 0.267. The van der Waals surface area contributed by atoms with Gasteiger partial charge in [0.15, 0.2) is 17.5 Å². The maximum atomic E-state index is 5.69. The van der Waals surface area contributed by atoms with Gasteiger partial charge < -0.3 is 25.0 Å². The third-order valence-electron chi connectivity index (χ3n) is 4.15. The molecule has 156 valence electrons. The molecule has 0 unspecified atom stereocenters. The van der Waals surface area contributed by atoms with E-state index in [9.17, 15) is 0 Å². The number of nitrogens with one attached hydrogen (secondary N) is 2. The van der Waals surface area contributed by atoms with Gasteiger partial charge >= 0.3 is 0 Å². The van der Waals surface area contributed by atoms with Crippen LogP contribution < -0.4 is 20.1 Å². The zero-order valence-corrected chi connectivity index (χ0v) is 19.8. The number of hydrogen-bond acceptors (Lipinski definition) is 4. The van der Waals surface area contributed by atoms with Gasteiger partial charge in [-0.3, -0.25) is 4.99 Å². The molecule has 7 heteroatoms.